The van der Waals surface area contributed by atoms with Gasteiger partial charge in [0.25, 0.3) is 0 Å². The van der Waals surface area contributed by atoms with E-state index in [1.807, 2.05) is 0 Å². The highest BCUT2D eigenvalue weighted by Gasteiger charge is 2.32. The summed E-state index contributed by atoms with van der Waals surface area (Å²) in [6.07, 6.45) is -1.82. The van der Waals surface area contributed by atoms with Crippen molar-refractivity contribution in [1.29, 1.82) is 0 Å². The summed E-state index contributed by atoms with van der Waals surface area (Å²) < 4.78 is 112. The molecule has 95 heavy (non-hydrogen) atoms. The van der Waals surface area contributed by atoms with Crippen LogP contribution in [0.3, 0.4) is 0 Å². The Bertz CT molecular complexity index is 5240. The summed E-state index contributed by atoms with van der Waals surface area (Å²) in [6, 6.07) is 40.2. The number of rotatable bonds is 25. The van der Waals surface area contributed by atoms with Crippen LogP contribution in [0.25, 0.3) is 0 Å². The van der Waals surface area contributed by atoms with Crippen LogP contribution in [0.15, 0.2) is 233 Å². The Morgan fingerprint density at radius 3 is 0.874 bits per heavy atom. The van der Waals surface area contributed by atoms with Gasteiger partial charge in [-0.25, -0.2) is 52.8 Å². The molecule has 0 radical (unpaired) electrons. The van der Waals surface area contributed by atoms with E-state index in [4.69, 9.17) is 0 Å². The van der Waals surface area contributed by atoms with Gasteiger partial charge < -0.3 is 20.4 Å². The Hall–Kier alpha value is -10.7. The summed E-state index contributed by atoms with van der Waals surface area (Å²) in [5.74, 6) is -9.28. The Kier molecular flexibility index (Phi) is 19.3. The number of hydrogen-bond acceptors (Lipinski definition) is 16. The summed E-state index contributed by atoms with van der Waals surface area (Å²) >= 11 is 0. The smallest absolute Gasteiger partial charge is 0.336 e. The molecule has 0 saturated heterocycles. The lowest BCUT2D eigenvalue weighted by molar-refractivity contribution is 0.0677. The van der Waals surface area contributed by atoms with Gasteiger partial charge in [-0.15, -0.1) is 0 Å². The van der Waals surface area contributed by atoms with E-state index in [-0.39, 0.29) is 58.7 Å². The summed E-state index contributed by atoms with van der Waals surface area (Å²) in [7, 11) is -17.7. The van der Waals surface area contributed by atoms with Gasteiger partial charge in [0, 0.05) is 53.4 Å². The van der Waals surface area contributed by atoms with Crippen LogP contribution in [0.5, 0.6) is 0 Å². The molecule has 9 rings (SSSR count). The predicted octanol–water partition coefficient (Wildman–Crippen LogP) is 11.3. The molecule has 0 aliphatic carbocycles. The number of sulfone groups is 4. The van der Waals surface area contributed by atoms with Gasteiger partial charge in [-0.3, -0.25) is 19.2 Å². The highest BCUT2D eigenvalue weighted by atomic mass is 32.2. The van der Waals surface area contributed by atoms with Gasteiger partial charge in [-0.1, -0.05) is 93.6 Å². The highest BCUT2D eigenvalue weighted by Crippen LogP contribution is 2.36. The van der Waals surface area contributed by atoms with Crippen LogP contribution in [-0.4, -0.2) is 101 Å². The van der Waals surface area contributed by atoms with Crippen LogP contribution in [0.4, 0.5) is 0 Å². The Balaban J connectivity index is 0.939. The Labute approximate surface area is 545 Å². The third kappa shape index (κ3) is 14.2. The fourth-order valence-corrected chi connectivity index (χ4v) is 16.4. The molecule has 0 bridgehead atoms. The van der Waals surface area contributed by atoms with E-state index in [2.05, 4.69) is 0 Å². The summed E-state index contributed by atoms with van der Waals surface area (Å²) in [4.78, 5) is 102. The second-order valence-electron chi connectivity index (χ2n) is 22.6. The first kappa shape index (κ1) is 68.7. The number of aryl methyl sites for hydroxylation is 1. The van der Waals surface area contributed by atoms with Gasteiger partial charge in [0.1, 0.15) is 0 Å². The molecule has 4 N–H and O–H groups in total. The lowest BCUT2D eigenvalue weighted by Gasteiger charge is -2.28. The zero-order valence-corrected chi connectivity index (χ0v) is 54.0. The van der Waals surface area contributed by atoms with Gasteiger partial charge in [-0.05, 0) is 162 Å². The molecule has 0 amide bonds. The number of aromatic carboxylic acids is 4. The molecular weight excluding hydrogens is 1300 g/mol. The number of benzene rings is 9. The largest absolute Gasteiger partial charge is 0.478 e. The molecule has 0 aromatic heterocycles. The fourth-order valence-electron chi connectivity index (χ4n) is 10.7. The molecular formula is C71H56O20S4. The second-order valence-corrected chi connectivity index (χ2v) is 30.4. The maximum atomic E-state index is 14.4. The number of Topliss-reactive ketones (excluding diaryl/α,β-unsaturated/α-hetero) is 4. The molecule has 9 aromatic rings. The van der Waals surface area contributed by atoms with Gasteiger partial charge in [0.2, 0.25) is 39.3 Å². The molecule has 0 aliphatic heterocycles. The van der Waals surface area contributed by atoms with Crippen LogP contribution >= 0.6 is 0 Å². The molecule has 484 valence electrons. The van der Waals surface area contributed by atoms with Crippen molar-refractivity contribution in [2.45, 2.75) is 98.0 Å². The van der Waals surface area contributed by atoms with Gasteiger partial charge in [0.05, 0.1) is 61.4 Å². The lowest BCUT2D eigenvalue weighted by atomic mass is 9.75. The molecule has 0 saturated carbocycles. The molecule has 0 aliphatic rings. The van der Waals surface area contributed by atoms with Crippen molar-refractivity contribution in [3.63, 3.8) is 0 Å². The molecule has 0 atom stereocenters. The van der Waals surface area contributed by atoms with E-state index >= 15 is 0 Å². The SMILES string of the molecule is CCC(=O)c1cc(C(=O)Cc2cccc(S(=O)(=O)c3cccc(S(=O)(=O)c4cccc(CC(=O)c5cc(C(C)(C)c6ccc(C(=O)O)c(C(=O)Cc7cccc(S(=O)(=O)c8cccc(S(=O)(=O)c9cccc(C)c9)c8)c7)c6)ccc5C(=O)O)c4)c3)c2)c(C(=O)O)cc1C(=O)O. The monoisotopic (exact) mass is 1360 g/mol. The molecule has 0 spiro atoms. The fraction of sp³-hybridized carbons (Fsp3) is 0.127. The third-order valence-electron chi connectivity index (χ3n) is 16.0. The van der Waals surface area contributed by atoms with E-state index in [9.17, 15) is 92.5 Å². The van der Waals surface area contributed by atoms with Gasteiger partial charge >= 0.3 is 23.9 Å². The lowest BCUT2D eigenvalue weighted by Crippen LogP contribution is -2.22. The van der Waals surface area contributed by atoms with Crippen LogP contribution in [0.2, 0.25) is 0 Å². The van der Waals surface area contributed by atoms with E-state index in [0.29, 0.717) is 22.8 Å². The van der Waals surface area contributed by atoms with Crippen molar-refractivity contribution < 1.29 is 92.5 Å². The summed E-state index contributed by atoms with van der Waals surface area (Å²) in [5.41, 5.74) is -3.14. The topological polar surface area (TPSA) is 354 Å². The predicted molar refractivity (Wildman–Crippen MR) is 343 cm³/mol. The Morgan fingerprint density at radius 1 is 0.305 bits per heavy atom. The van der Waals surface area contributed by atoms with Gasteiger partial charge in [-0.2, -0.15) is 0 Å². The second kappa shape index (κ2) is 26.7. The molecule has 0 fully saturated rings. The molecule has 24 heteroatoms. The quantitative estimate of drug-likeness (QED) is 0.0386. The first-order valence-corrected chi connectivity index (χ1v) is 34.7. The van der Waals surface area contributed by atoms with E-state index in [1.165, 1.54) is 140 Å². The third-order valence-corrected chi connectivity index (χ3v) is 23.0. The highest BCUT2D eigenvalue weighted by molar-refractivity contribution is 7.93. The number of ketones is 4. The summed E-state index contributed by atoms with van der Waals surface area (Å²) in [6.45, 7) is 6.50. The maximum Gasteiger partial charge on any atom is 0.336 e. The van der Waals surface area contributed by atoms with Crippen LogP contribution in [0.1, 0.15) is 143 Å². The van der Waals surface area contributed by atoms with Crippen molar-refractivity contribution in [3.8, 4) is 0 Å². The van der Waals surface area contributed by atoms with Gasteiger partial charge in [0.15, 0.2) is 23.1 Å². The van der Waals surface area contributed by atoms with E-state index in [1.54, 1.807) is 32.9 Å². The molecule has 0 heterocycles. The number of carboxylic acid groups (broad SMARTS) is 4. The number of carboxylic acids is 4. The Morgan fingerprint density at radius 2 is 0.568 bits per heavy atom. The maximum absolute atomic E-state index is 14.4. The normalized spacial score (nSPS) is 12.0. The number of hydrogen-bond donors (Lipinski definition) is 4. The molecule has 20 nitrogen and oxygen atoms in total. The van der Waals surface area contributed by atoms with E-state index in [0.717, 1.165) is 42.5 Å². The zero-order chi connectivity index (χ0) is 69.3. The average molecular weight is 1360 g/mol. The summed E-state index contributed by atoms with van der Waals surface area (Å²) in [5, 5.41) is 40.2. The number of carbonyl (C=O) groups excluding carboxylic acids is 4. The number of carbonyl (C=O) groups is 8. The van der Waals surface area contributed by atoms with E-state index < -0.39 is 159 Å². The van der Waals surface area contributed by atoms with Crippen molar-refractivity contribution in [2.75, 3.05) is 0 Å². The van der Waals surface area contributed by atoms with Crippen LogP contribution in [-0.2, 0) is 64.0 Å². The standard InChI is InChI=1S/C71H56O20S4/c1-5-63(72)59-39-60(62(70(82)83)40-61(59)69(80)81)66(75)34-44-15-9-19-50(31-44)95(90,91)54-23-11-22-53(38-54)94(88,89)49-18-8-14-43(30-49)33-65(74)58-36-46(25-27-56(58)68(78)79)71(3,4)45-24-26-55(67(76)77)57(35-45)64(73)32-42-13-7-17-48(29-42)93(86,87)52-21-10-20-51(37-52)92(84,85)47-16-6-12-41(2)28-47/h6-31,35-40H,5,32-34H2,1-4H3,(H,76,77)(H,78,79)(H,80,81)(H,82,83). The minimum atomic E-state index is -4.58. The van der Waals surface area contributed by atoms with Crippen molar-refractivity contribution in [1.82, 2.24) is 0 Å². The average Bonchev–Trinajstić information content (AvgIpc) is 0.807. The van der Waals surface area contributed by atoms with Crippen molar-refractivity contribution in [2.24, 2.45) is 0 Å². The molecule has 0 unspecified atom stereocenters. The minimum absolute atomic E-state index is 0.0333. The van der Waals surface area contributed by atoms with Crippen LogP contribution in [0, 0.1) is 6.92 Å². The van der Waals surface area contributed by atoms with Crippen molar-refractivity contribution in [3.05, 3.63) is 272 Å². The first-order chi connectivity index (χ1) is 44.7. The first-order valence-electron chi connectivity index (χ1n) is 28.7. The van der Waals surface area contributed by atoms with Crippen molar-refractivity contribution >= 4 is 86.4 Å². The molecule has 9 aromatic carbocycles. The zero-order valence-electron chi connectivity index (χ0n) is 50.8. The van der Waals surface area contributed by atoms with Crippen LogP contribution < -0.4 is 0 Å². The minimum Gasteiger partial charge on any atom is -0.478 e.